The number of nitrogens with one attached hydrogen (secondary N) is 1. The van der Waals surface area contributed by atoms with E-state index < -0.39 is 12.2 Å². The first kappa shape index (κ1) is 19.0. The highest BCUT2D eigenvalue weighted by molar-refractivity contribution is 5.66. The van der Waals surface area contributed by atoms with Gasteiger partial charge in [0.1, 0.15) is 5.82 Å². The molecular formula is C18H25FN2O4. The Morgan fingerprint density at radius 3 is 2.96 bits per heavy atom. The molecule has 25 heavy (non-hydrogen) atoms. The SMILES string of the molecule is COC(=O)NCCCC(c1cccc(F)c1)C1CCCN(C(=O)O)C1. The average Bonchev–Trinajstić information content (AvgIpc) is 2.61. The molecule has 0 bridgehead atoms. The van der Waals surface area contributed by atoms with Crippen LogP contribution in [0.3, 0.4) is 0 Å². The van der Waals surface area contributed by atoms with Crippen molar-refractivity contribution in [3.63, 3.8) is 0 Å². The third-order valence-electron chi connectivity index (χ3n) is 4.72. The lowest BCUT2D eigenvalue weighted by Gasteiger charge is -2.36. The number of amides is 2. The predicted octanol–water partition coefficient (Wildman–Crippen LogP) is 3.44. The largest absolute Gasteiger partial charge is 0.465 e. The van der Waals surface area contributed by atoms with Crippen molar-refractivity contribution in [1.29, 1.82) is 0 Å². The fourth-order valence-electron chi connectivity index (χ4n) is 3.51. The van der Waals surface area contributed by atoms with Crippen molar-refractivity contribution in [2.75, 3.05) is 26.7 Å². The Labute approximate surface area is 147 Å². The van der Waals surface area contributed by atoms with Gasteiger partial charge >= 0.3 is 12.2 Å². The Hall–Kier alpha value is -2.31. The van der Waals surface area contributed by atoms with Crippen LogP contribution in [-0.4, -0.2) is 48.9 Å². The third kappa shape index (κ3) is 5.62. The van der Waals surface area contributed by atoms with Gasteiger partial charge in [-0.15, -0.1) is 0 Å². The van der Waals surface area contributed by atoms with Gasteiger partial charge in [-0.2, -0.15) is 0 Å². The van der Waals surface area contributed by atoms with E-state index in [0.29, 0.717) is 26.1 Å². The first-order chi connectivity index (χ1) is 12.0. The molecule has 2 unspecified atom stereocenters. The highest BCUT2D eigenvalue weighted by Gasteiger charge is 2.30. The summed E-state index contributed by atoms with van der Waals surface area (Å²) in [6.45, 7) is 1.47. The van der Waals surface area contributed by atoms with Crippen molar-refractivity contribution in [2.45, 2.75) is 31.6 Å². The zero-order valence-electron chi connectivity index (χ0n) is 14.4. The number of carboxylic acid groups (broad SMARTS) is 1. The molecule has 1 aromatic rings. The van der Waals surface area contributed by atoms with E-state index in [4.69, 9.17) is 0 Å². The van der Waals surface area contributed by atoms with Gasteiger partial charge in [-0.05, 0) is 55.2 Å². The molecule has 2 amide bonds. The minimum absolute atomic E-state index is 0.0531. The molecule has 2 rings (SSSR count). The molecule has 1 heterocycles. The van der Waals surface area contributed by atoms with E-state index in [1.165, 1.54) is 24.1 Å². The van der Waals surface area contributed by atoms with Crippen LogP contribution in [0, 0.1) is 11.7 Å². The second-order valence-corrected chi connectivity index (χ2v) is 6.35. The number of halogens is 1. The normalized spacial score (nSPS) is 18.5. The van der Waals surface area contributed by atoms with E-state index in [9.17, 15) is 19.1 Å². The number of alkyl carbamates (subject to hydrolysis) is 1. The molecule has 0 aliphatic carbocycles. The number of piperidine rings is 1. The Morgan fingerprint density at radius 1 is 1.48 bits per heavy atom. The summed E-state index contributed by atoms with van der Waals surface area (Å²) in [6.07, 6.45) is 1.79. The zero-order valence-corrected chi connectivity index (χ0v) is 14.4. The summed E-state index contributed by atoms with van der Waals surface area (Å²) < 4.78 is 18.2. The van der Waals surface area contributed by atoms with Gasteiger partial charge in [0.15, 0.2) is 0 Å². The van der Waals surface area contributed by atoms with Gasteiger partial charge in [0.25, 0.3) is 0 Å². The molecule has 1 saturated heterocycles. The number of benzene rings is 1. The molecule has 2 atom stereocenters. The molecule has 1 aliphatic heterocycles. The van der Waals surface area contributed by atoms with E-state index in [2.05, 4.69) is 10.1 Å². The fourth-order valence-corrected chi connectivity index (χ4v) is 3.51. The first-order valence-corrected chi connectivity index (χ1v) is 8.56. The maximum atomic E-state index is 13.7. The molecule has 0 spiro atoms. The van der Waals surface area contributed by atoms with Gasteiger partial charge in [-0.3, -0.25) is 0 Å². The number of nitrogens with zero attached hydrogens (tertiary/aromatic N) is 1. The van der Waals surface area contributed by atoms with Crippen molar-refractivity contribution in [3.05, 3.63) is 35.6 Å². The summed E-state index contributed by atoms with van der Waals surface area (Å²) in [5.74, 6) is -0.0943. The third-order valence-corrected chi connectivity index (χ3v) is 4.72. The number of methoxy groups -OCH3 is 1. The zero-order chi connectivity index (χ0) is 18.2. The number of hydrogen-bond acceptors (Lipinski definition) is 3. The molecule has 0 saturated carbocycles. The Bertz CT molecular complexity index is 596. The van der Waals surface area contributed by atoms with Crippen LogP contribution >= 0.6 is 0 Å². The maximum Gasteiger partial charge on any atom is 0.407 e. The lowest BCUT2D eigenvalue weighted by molar-refractivity contribution is 0.112. The van der Waals surface area contributed by atoms with E-state index in [-0.39, 0.29) is 17.7 Å². The van der Waals surface area contributed by atoms with Crippen molar-refractivity contribution >= 4 is 12.2 Å². The molecule has 1 fully saturated rings. The van der Waals surface area contributed by atoms with Crippen molar-refractivity contribution in [3.8, 4) is 0 Å². The Kier molecular flexibility index (Phi) is 7.03. The van der Waals surface area contributed by atoms with Crippen LogP contribution in [0.4, 0.5) is 14.0 Å². The van der Waals surface area contributed by atoms with Crippen LogP contribution in [0.1, 0.15) is 37.2 Å². The first-order valence-electron chi connectivity index (χ1n) is 8.56. The molecule has 7 heteroatoms. The highest BCUT2D eigenvalue weighted by Crippen LogP contribution is 2.35. The molecule has 0 aromatic heterocycles. The van der Waals surface area contributed by atoms with Crippen LogP contribution in [0.5, 0.6) is 0 Å². The molecule has 138 valence electrons. The number of carbonyl (C=O) groups excluding carboxylic acids is 1. The smallest absolute Gasteiger partial charge is 0.407 e. The second kappa shape index (κ2) is 9.25. The summed E-state index contributed by atoms with van der Waals surface area (Å²) in [6, 6.07) is 6.51. The minimum atomic E-state index is -0.907. The molecule has 1 aliphatic rings. The van der Waals surface area contributed by atoms with Crippen LogP contribution in [0.25, 0.3) is 0 Å². The Morgan fingerprint density at radius 2 is 2.28 bits per heavy atom. The second-order valence-electron chi connectivity index (χ2n) is 6.35. The van der Waals surface area contributed by atoms with Crippen molar-refractivity contribution in [2.24, 2.45) is 5.92 Å². The van der Waals surface area contributed by atoms with E-state index in [1.54, 1.807) is 6.07 Å². The van der Waals surface area contributed by atoms with Gasteiger partial charge in [0.05, 0.1) is 7.11 Å². The van der Waals surface area contributed by atoms with Crippen molar-refractivity contribution in [1.82, 2.24) is 10.2 Å². The maximum absolute atomic E-state index is 13.7. The average molecular weight is 352 g/mol. The van der Waals surface area contributed by atoms with Crippen LogP contribution < -0.4 is 5.32 Å². The summed E-state index contributed by atoms with van der Waals surface area (Å²) in [5.41, 5.74) is 0.885. The van der Waals surface area contributed by atoms with Gasteiger partial charge in [0.2, 0.25) is 0 Å². The summed E-state index contributed by atoms with van der Waals surface area (Å²) >= 11 is 0. The quantitative estimate of drug-likeness (QED) is 0.769. The predicted molar refractivity (Wildman–Crippen MR) is 91.1 cm³/mol. The summed E-state index contributed by atoms with van der Waals surface area (Å²) in [5, 5.41) is 11.9. The standard InChI is InChI=1S/C18H25FN2O4/c1-25-17(22)20-9-3-8-16(13-5-2-7-15(19)11-13)14-6-4-10-21(12-14)18(23)24/h2,5,7,11,14,16H,3-4,6,8-10,12H2,1H3,(H,20,22)(H,23,24). The van der Waals surface area contributed by atoms with Crippen LogP contribution in [0.2, 0.25) is 0 Å². The van der Waals surface area contributed by atoms with Crippen LogP contribution in [-0.2, 0) is 4.74 Å². The highest BCUT2D eigenvalue weighted by atomic mass is 19.1. The number of ether oxygens (including phenoxy) is 1. The fraction of sp³-hybridized carbons (Fsp3) is 0.556. The topological polar surface area (TPSA) is 78.9 Å². The van der Waals surface area contributed by atoms with E-state index in [1.807, 2.05) is 6.07 Å². The molecule has 2 N–H and O–H groups in total. The van der Waals surface area contributed by atoms with Crippen LogP contribution in [0.15, 0.2) is 24.3 Å². The molecule has 6 nitrogen and oxygen atoms in total. The molecular weight excluding hydrogens is 327 g/mol. The number of likely N-dealkylation sites (tertiary alicyclic amines) is 1. The number of rotatable bonds is 6. The van der Waals surface area contributed by atoms with Crippen molar-refractivity contribution < 1.29 is 23.8 Å². The lowest BCUT2D eigenvalue weighted by atomic mass is 9.78. The molecule has 0 radical (unpaired) electrons. The Balaban J connectivity index is 2.06. The van der Waals surface area contributed by atoms with E-state index >= 15 is 0 Å². The summed E-state index contributed by atoms with van der Waals surface area (Å²) in [4.78, 5) is 23.9. The monoisotopic (exact) mass is 352 g/mol. The number of carbonyl (C=O) groups is 2. The van der Waals surface area contributed by atoms with Gasteiger partial charge < -0.3 is 20.1 Å². The number of hydrogen-bond donors (Lipinski definition) is 2. The van der Waals surface area contributed by atoms with Gasteiger partial charge in [-0.1, -0.05) is 12.1 Å². The van der Waals surface area contributed by atoms with E-state index in [0.717, 1.165) is 24.8 Å². The molecule has 1 aromatic carbocycles. The van der Waals surface area contributed by atoms with Gasteiger partial charge in [0, 0.05) is 19.6 Å². The minimum Gasteiger partial charge on any atom is -0.465 e. The van der Waals surface area contributed by atoms with Gasteiger partial charge in [-0.25, -0.2) is 14.0 Å². The summed E-state index contributed by atoms with van der Waals surface area (Å²) in [7, 11) is 1.31. The lowest BCUT2D eigenvalue weighted by Crippen LogP contribution is -2.41.